The molecule has 25 nitrogen and oxygen atoms in total. The highest BCUT2D eigenvalue weighted by atomic mass is 35.5. The fraction of sp³-hybridized carbons (Fsp3) is 0.829. The molecule has 0 bridgehead atoms. The summed E-state index contributed by atoms with van der Waals surface area (Å²) in [6.07, 6.45) is 2.86. The Balaban J connectivity index is 1.41. The molecule has 3 heterocycles. The number of fused-ring (bicyclic) bond motifs is 1. The molecule has 6 rings (SSSR count). The van der Waals surface area contributed by atoms with E-state index in [4.69, 9.17) is 16.3 Å². The Labute approximate surface area is 588 Å². The van der Waals surface area contributed by atoms with Crippen molar-refractivity contribution >= 4 is 82.5 Å². The third-order valence-corrected chi connectivity index (χ3v) is 22.7. The summed E-state index contributed by atoms with van der Waals surface area (Å²) < 4.78 is 47.8. The second-order valence-corrected chi connectivity index (χ2v) is 30.3. The number of carbonyl (C=O) groups is 12. The zero-order chi connectivity index (χ0) is 73.5. The van der Waals surface area contributed by atoms with Crippen LogP contribution in [0, 0.1) is 29.6 Å². The summed E-state index contributed by atoms with van der Waals surface area (Å²) >= 11 is 6.39. The van der Waals surface area contributed by atoms with E-state index in [-0.39, 0.29) is 88.5 Å². The molecule has 1 spiro atoms. The van der Waals surface area contributed by atoms with Crippen LogP contribution in [0.5, 0.6) is 0 Å². The molecule has 560 valence electrons. The van der Waals surface area contributed by atoms with Gasteiger partial charge in [0.2, 0.25) is 70.9 Å². The summed E-state index contributed by atoms with van der Waals surface area (Å²) in [5.74, 6) is -10.7. The maximum absolute atomic E-state index is 15.5. The third-order valence-electron chi connectivity index (χ3n) is 22.2. The molecule has 0 radical (unpaired) electrons. The fourth-order valence-corrected chi connectivity index (χ4v) is 16.0. The number of likely N-dealkylation sites (tertiary alicyclic amines) is 1. The van der Waals surface area contributed by atoms with Crippen LogP contribution >= 0.6 is 11.6 Å². The molecule has 0 aromatic rings. The molecule has 29 heteroatoms. The van der Waals surface area contributed by atoms with Gasteiger partial charge in [-0.3, -0.25) is 57.5 Å². The number of amides is 12. The summed E-state index contributed by atoms with van der Waals surface area (Å²) in [7, 11) is 11.1. The minimum absolute atomic E-state index is 0.00838. The van der Waals surface area contributed by atoms with Crippen LogP contribution in [0.4, 0.5) is 13.2 Å². The van der Waals surface area contributed by atoms with Gasteiger partial charge in [0.05, 0.1) is 38.1 Å². The fourth-order valence-electron chi connectivity index (χ4n) is 15.5. The monoisotopic (exact) mass is 1420 g/mol. The van der Waals surface area contributed by atoms with Crippen molar-refractivity contribution in [2.24, 2.45) is 29.6 Å². The van der Waals surface area contributed by atoms with E-state index in [9.17, 15) is 51.5 Å². The molecule has 12 amide bonds. The van der Waals surface area contributed by atoms with Gasteiger partial charge >= 0.3 is 6.18 Å². The molecule has 99 heavy (non-hydrogen) atoms. The van der Waals surface area contributed by atoms with E-state index in [1.54, 1.807) is 18.7 Å². The van der Waals surface area contributed by atoms with Gasteiger partial charge in [-0.1, -0.05) is 79.1 Å². The van der Waals surface area contributed by atoms with E-state index in [1.807, 2.05) is 20.8 Å². The number of nitrogens with one attached hydrogen (secondary N) is 3. The number of rotatable bonds is 12. The molecule has 0 aromatic heterocycles. The van der Waals surface area contributed by atoms with Gasteiger partial charge in [-0.2, -0.15) is 13.2 Å². The van der Waals surface area contributed by atoms with Crippen molar-refractivity contribution in [1.29, 1.82) is 0 Å². The number of piperidine rings is 1. The molecule has 3 aliphatic heterocycles. The Morgan fingerprint density at radius 2 is 1.22 bits per heavy atom. The van der Waals surface area contributed by atoms with Gasteiger partial charge in [0.1, 0.15) is 47.8 Å². The maximum Gasteiger partial charge on any atom is 0.393 e. The van der Waals surface area contributed by atoms with E-state index in [1.165, 1.54) is 76.0 Å². The smallest absolute Gasteiger partial charge is 0.379 e. The van der Waals surface area contributed by atoms with E-state index in [2.05, 4.69) is 16.0 Å². The number of hydrogen-bond donors (Lipinski definition) is 3. The zero-order valence-corrected chi connectivity index (χ0v) is 61.7. The minimum atomic E-state index is -4.51. The molecule has 3 N–H and O–H groups in total. The Bertz CT molecular complexity index is 2860. The van der Waals surface area contributed by atoms with Gasteiger partial charge < -0.3 is 64.8 Å². The molecule has 12 atom stereocenters. The van der Waals surface area contributed by atoms with E-state index in [0.29, 0.717) is 51.6 Å². The predicted octanol–water partition coefficient (Wildman–Crippen LogP) is 4.94. The van der Waals surface area contributed by atoms with Crippen LogP contribution in [-0.2, 0) is 62.3 Å². The molecular weight excluding hydrogens is 1310 g/mol. The average Bonchev–Trinajstić information content (AvgIpc) is 1.77. The number of ether oxygens (including phenoxy) is 1. The van der Waals surface area contributed by atoms with Crippen molar-refractivity contribution in [2.75, 3.05) is 95.7 Å². The van der Waals surface area contributed by atoms with Gasteiger partial charge in [0.15, 0.2) is 0 Å². The molecule has 3 saturated carbocycles. The third kappa shape index (κ3) is 20.9. The summed E-state index contributed by atoms with van der Waals surface area (Å²) in [5, 5.41) is 7.50. The first-order valence-corrected chi connectivity index (χ1v) is 36.5. The van der Waals surface area contributed by atoms with Crippen LogP contribution in [0.3, 0.4) is 0 Å². The highest BCUT2D eigenvalue weighted by molar-refractivity contribution is 6.21. The van der Waals surface area contributed by atoms with Gasteiger partial charge in [0, 0.05) is 81.5 Å². The number of alkyl halides is 4. The quantitative estimate of drug-likeness (QED) is 0.219. The van der Waals surface area contributed by atoms with Crippen molar-refractivity contribution in [3.05, 3.63) is 0 Å². The molecule has 3 unspecified atom stereocenters. The highest BCUT2D eigenvalue weighted by Gasteiger charge is 2.52. The molecule has 6 fully saturated rings. The number of nitrogens with zero attached hydrogens (tertiary/aromatic N) is 9. The van der Waals surface area contributed by atoms with Crippen LogP contribution in [-0.4, -0.2) is 276 Å². The average molecular weight is 1420 g/mol. The Morgan fingerprint density at radius 1 is 0.616 bits per heavy atom. The van der Waals surface area contributed by atoms with Crippen molar-refractivity contribution in [2.45, 2.75) is 248 Å². The molecule has 0 aromatic carbocycles. The lowest BCUT2D eigenvalue weighted by Crippen LogP contribution is -2.66. The van der Waals surface area contributed by atoms with Crippen molar-refractivity contribution in [1.82, 2.24) is 60.0 Å². The van der Waals surface area contributed by atoms with Crippen LogP contribution in [0.1, 0.15) is 182 Å². The van der Waals surface area contributed by atoms with Crippen molar-refractivity contribution in [3.8, 4) is 0 Å². The topological polar surface area (TPSA) is 279 Å². The lowest BCUT2D eigenvalue weighted by Gasteiger charge is -2.42. The van der Waals surface area contributed by atoms with E-state index < -0.39 is 174 Å². The van der Waals surface area contributed by atoms with Crippen LogP contribution in [0.15, 0.2) is 0 Å². The van der Waals surface area contributed by atoms with Gasteiger partial charge in [-0.25, -0.2) is 0 Å². The number of carbonyl (C=O) groups excluding carboxylic acids is 12. The second-order valence-electron chi connectivity index (χ2n) is 29.8. The first kappa shape index (κ1) is 81.6. The zero-order valence-electron chi connectivity index (χ0n) is 60.9. The highest BCUT2D eigenvalue weighted by Crippen LogP contribution is 2.44. The van der Waals surface area contributed by atoms with Crippen molar-refractivity contribution < 1.29 is 75.4 Å². The van der Waals surface area contributed by atoms with Gasteiger partial charge in [-0.05, 0) is 120 Å². The second kappa shape index (κ2) is 36.5. The van der Waals surface area contributed by atoms with Gasteiger partial charge in [-0.15, -0.1) is 11.6 Å². The summed E-state index contributed by atoms with van der Waals surface area (Å²) in [6.45, 7) is 7.96. The van der Waals surface area contributed by atoms with Gasteiger partial charge in [0.25, 0.3) is 0 Å². The number of likely N-dealkylation sites (N-methyl/N-ethyl adjacent to an activating group) is 7. The Hall–Kier alpha value is -6.32. The molecule has 6 aliphatic rings. The standard InChI is InChI=1S/C70H114ClF3N12O13/c1-14-44(4)59-66(96)80(8)41-57(89)78(6)42-58(90)82(10)53(38-46-24-17-15-18-25-46)64(94)79(7)40-55(87)75-50(30-28-47-27-29-48(49(71)37-47)70(72,73)74)63(93)86-35-23-26-51(86)62(92)77-69(31-19-20-32-69)68(98)84(12)60(45(5)99-13)67(97)83(11)54(65(95)85-33-21-16-22-34-85)39-56(88)81(9)52(36-43(2)3)61(91)76-59/h43-54,59-60H,14-42H2,1-13H3,(H,75,87)(H,76,91)(H,77,92)/t44-,45+,47?,48?,49?,50-,51-,52-,53-,54-,59-,60-/m0/s1. The Morgan fingerprint density at radius 3 is 1.82 bits per heavy atom. The first-order valence-electron chi connectivity index (χ1n) is 36.1. The lowest BCUT2D eigenvalue weighted by molar-refractivity contribution is -0.182. The summed E-state index contributed by atoms with van der Waals surface area (Å²) in [4.78, 5) is 189. The SMILES string of the molecule is CC[C@H](C)[C@@H]1NC(=O)[C@H](CC(C)C)N(C)C(=O)C[C@@H](C(=O)N2CCCCC2)N(C)C(=O)[C@H]([C@@H](C)OC)N(C)C(=O)C2(CCCC2)NC(=O)[C@@H]2CCCN2C(=O)[C@H](CCC2CCC(C(F)(F)F)C(Cl)C2)NC(=O)CN(C)C(=O)[C@H](CC2CCCCC2)N(C)C(=O)CN(C)C(=O)CN(C)C1=O. The van der Waals surface area contributed by atoms with Crippen LogP contribution in [0.2, 0.25) is 0 Å². The molecule has 3 aliphatic carbocycles. The van der Waals surface area contributed by atoms with Crippen LogP contribution in [0.25, 0.3) is 0 Å². The summed E-state index contributed by atoms with van der Waals surface area (Å²) in [6, 6.07) is -8.98. The lowest BCUT2D eigenvalue weighted by atomic mass is 9.78. The Kier molecular flexibility index (Phi) is 30.1. The maximum atomic E-state index is 15.5. The first-order chi connectivity index (χ1) is 46.6. The largest absolute Gasteiger partial charge is 0.393 e. The number of hydrogen-bond acceptors (Lipinski definition) is 13. The summed E-state index contributed by atoms with van der Waals surface area (Å²) in [5.41, 5.74) is -1.62. The van der Waals surface area contributed by atoms with Crippen LogP contribution < -0.4 is 16.0 Å². The minimum Gasteiger partial charge on any atom is -0.379 e. The van der Waals surface area contributed by atoms with E-state index >= 15 is 19.2 Å². The van der Waals surface area contributed by atoms with E-state index in [0.717, 1.165) is 58.1 Å². The normalized spacial score (nSPS) is 29.5. The molecule has 3 saturated heterocycles. The number of halogens is 4. The predicted molar refractivity (Wildman–Crippen MR) is 364 cm³/mol. The molecular formula is C70H114ClF3N12O13. The van der Waals surface area contributed by atoms with Crippen molar-refractivity contribution in [3.63, 3.8) is 0 Å². The number of methoxy groups -OCH3 is 1.